The maximum atomic E-state index is 13.4. The highest BCUT2D eigenvalue weighted by molar-refractivity contribution is 6.31. The fourth-order valence-electron chi connectivity index (χ4n) is 1.38. The molecule has 0 heterocycles. The zero-order valence-corrected chi connectivity index (χ0v) is 10.1. The average molecular weight is 247 g/mol. The van der Waals surface area contributed by atoms with E-state index in [1.807, 2.05) is 0 Å². The fourth-order valence-corrected chi connectivity index (χ4v) is 1.62. The molecule has 0 radical (unpaired) electrons. The third-order valence-electron chi connectivity index (χ3n) is 2.89. The molecule has 0 bridgehead atoms. The molecule has 0 fully saturated rings. The number of benzene rings is 1. The minimum atomic E-state index is -1.23. The van der Waals surface area contributed by atoms with Gasteiger partial charge in [-0.1, -0.05) is 24.6 Å². The summed E-state index contributed by atoms with van der Waals surface area (Å²) in [4.78, 5) is 0. The highest BCUT2D eigenvalue weighted by Crippen LogP contribution is 2.24. The van der Waals surface area contributed by atoms with Gasteiger partial charge < -0.3 is 10.2 Å². The van der Waals surface area contributed by atoms with Crippen molar-refractivity contribution in [2.24, 2.45) is 0 Å². The Bertz CT molecular complexity index is 346. The molecule has 0 aromatic heterocycles. The van der Waals surface area contributed by atoms with E-state index in [1.165, 1.54) is 19.1 Å². The van der Waals surface area contributed by atoms with Crippen molar-refractivity contribution in [3.63, 3.8) is 0 Å². The zero-order valence-electron chi connectivity index (χ0n) is 9.37. The summed E-state index contributed by atoms with van der Waals surface area (Å²) in [5.74, 6) is -0.460. The molecule has 1 aromatic carbocycles. The third-order valence-corrected chi connectivity index (χ3v) is 3.25. The van der Waals surface area contributed by atoms with Gasteiger partial charge in [-0.15, -0.1) is 0 Å². The van der Waals surface area contributed by atoms with Gasteiger partial charge >= 0.3 is 0 Å². The van der Waals surface area contributed by atoms with Crippen LogP contribution >= 0.6 is 11.6 Å². The first kappa shape index (κ1) is 13.4. The average Bonchev–Trinajstić information content (AvgIpc) is 2.23. The first-order chi connectivity index (χ1) is 7.38. The van der Waals surface area contributed by atoms with Crippen molar-refractivity contribution in [1.82, 2.24) is 0 Å². The molecule has 0 aliphatic carbocycles. The normalized spacial score (nSPS) is 16.9. The number of hydrogen-bond donors (Lipinski definition) is 2. The van der Waals surface area contributed by atoms with Gasteiger partial charge in [0, 0.05) is 17.0 Å². The number of halogens is 2. The maximum Gasteiger partial charge on any atom is 0.127 e. The highest BCUT2D eigenvalue weighted by Gasteiger charge is 2.29. The van der Waals surface area contributed by atoms with Crippen LogP contribution in [0, 0.1) is 5.82 Å². The van der Waals surface area contributed by atoms with E-state index in [0.29, 0.717) is 6.42 Å². The lowest BCUT2D eigenvalue weighted by atomic mass is 9.91. The molecule has 4 heteroatoms. The van der Waals surface area contributed by atoms with Gasteiger partial charge in [0.2, 0.25) is 0 Å². The van der Waals surface area contributed by atoms with Crippen LogP contribution < -0.4 is 0 Å². The van der Waals surface area contributed by atoms with Crippen molar-refractivity contribution in [3.8, 4) is 0 Å². The smallest absolute Gasteiger partial charge is 0.127 e. The van der Waals surface area contributed by atoms with Crippen LogP contribution in [0.3, 0.4) is 0 Å². The minimum Gasteiger partial charge on any atom is -0.390 e. The van der Waals surface area contributed by atoms with Crippen LogP contribution in [0.25, 0.3) is 0 Å². The molecule has 2 atom stereocenters. The van der Waals surface area contributed by atoms with Crippen LogP contribution in [0.2, 0.25) is 5.02 Å². The highest BCUT2D eigenvalue weighted by atomic mass is 35.5. The van der Waals surface area contributed by atoms with E-state index >= 15 is 0 Å². The summed E-state index contributed by atoms with van der Waals surface area (Å²) in [6, 6.07) is 4.35. The van der Waals surface area contributed by atoms with E-state index in [0.717, 1.165) is 0 Å². The number of aliphatic hydroxyl groups is 2. The largest absolute Gasteiger partial charge is 0.390 e. The lowest BCUT2D eigenvalue weighted by Crippen LogP contribution is -2.40. The second-order valence-electron chi connectivity index (χ2n) is 4.13. The molecule has 0 amide bonds. The van der Waals surface area contributed by atoms with Crippen LogP contribution in [-0.4, -0.2) is 21.9 Å². The topological polar surface area (TPSA) is 40.5 Å². The standard InChI is InChI=1S/C12H16ClFO2/c1-3-12(2,16)11(15)7-8-9(13)5-4-6-10(8)14/h4-6,11,15-16H,3,7H2,1-2H3. The molecule has 0 spiro atoms. The zero-order chi connectivity index (χ0) is 12.3. The maximum absolute atomic E-state index is 13.4. The molecular formula is C12H16ClFO2. The van der Waals surface area contributed by atoms with Gasteiger partial charge in [0.25, 0.3) is 0 Å². The second kappa shape index (κ2) is 5.13. The lowest BCUT2D eigenvalue weighted by Gasteiger charge is -2.28. The molecular weight excluding hydrogens is 231 g/mol. The first-order valence-electron chi connectivity index (χ1n) is 5.21. The van der Waals surface area contributed by atoms with Crippen LogP contribution in [0.5, 0.6) is 0 Å². The van der Waals surface area contributed by atoms with Gasteiger partial charge in [0.05, 0.1) is 11.7 Å². The van der Waals surface area contributed by atoms with Gasteiger partial charge in [0.1, 0.15) is 5.82 Å². The van der Waals surface area contributed by atoms with Crippen molar-refractivity contribution in [1.29, 1.82) is 0 Å². The van der Waals surface area contributed by atoms with E-state index in [-0.39, 0.29) is 17.0 Å². The van der Waals surface area contributed by atoms with Gasteiger partial charge in [-0.25, -0.2) is 4.39 Å². The molecule has 0 saturated carbocycles. The molecule has 2 N–H and O–H groups in total. The van der Waals surface area contributed by atoms with Crippen LogP contribution in [0.1, 0.15) is 25.8 Å². The molecule has 16 heavy (non-hydrogen) atoms. The Morgan fingerprint density at radius 3 is 2.62 bits per heavy atom. The predicted molar refractivity (Wildman–Crippen MR) is 62.0 cm³/mol. The number of rotatable bonds is 4. The Hall–Kier alpha value is -0.640. The molecule has 90 valence electrons. The second-order valence-corrected chi connectivity index (χ2v) is 4.54. The van der Waals surface area contributed by atoms with Crippen LogP contribution in [-0.2, 0) is 6.42 Å². The summed E-state index contributed by atoms with van der Waals surface area (Å²) in [5, 5.41) is 19.9. The minimum absolute atomic E-state index is 0.00630. The van der Waals surface area contributed by atoms with E-state index in [2.05, 4.69) is 0 Å². The molecule has 0 saturated heterocycles. The first-order valence-corrected chi connectivity index (χ1v) is 5.59. The third kappa shape index (κ3) is 2.94. The molecule has 0 aliphatic rings. The molecule has 2 nitrogen and oxygen atoms in total. The molecule has 1 rings (SSSR count). The predicted octanol–water partition coefficient (Wildman–Crippen LogP) is 2.54. The fraction of sp³-hybridized carbons (Fsp3) is 0.500. The Morgan fingerprint density at radius 2 is 2.12 bits per heavy atom. The van der Waals surface area contributed by atoms with Crippen LogP contribution in [0.4, 0.5) is 4.39 Å². The lowest BCUT2D eigenvalue weighted by molar-refractivity contribution is -0.0632. The van der Waals surface area contributed by atoms with E-state index in [9.17, 15) is 14.6 Å². The molecule has 0 aliphatic heterocycles. The number of hydrogen-bond acceptors (Lipinski definition) is 2. The van der Waals surface area contributed by atoms with Crippen molar-refractivity contribution >= 4 is 11.6 Å². The van der Waals surface area contributed by atoms with Crippen molar-refractivity contribution in [3.05, 3.63) is 34.6 Å². The Kier molecular flexibility index (Phi) is 4.30. The summed E-state index contributed by atoms with van der Waals surface area (Å²) in [7, 11) is 0. The summed E-state index contributed by atoms with van der Waals surface area (Å²) in [6.45, 7) is 3.28. The number of aliphatic hydroxyl groups excluding tert-OH is 1. The summed E-state index contributed by atoms with van der Waals surface area (Å²) in [5.41, 5.74) is -0.989. The van der Waals surface area contributed by atoms with Gasteiger partial charge in [-0.3, -0.25) is 0 Å². The van der Waals surface area contributed by atoms with Crippen LogP contribution in [0.15, 0.2) is 18.2 Å². The SMILES string of the molecule is CCC(C)(O)C(O)Cc1c(F)cccc1Cl. The van der Waals surface area contributed by atoms with E-state index in [4.69, 9.17) is 11.6 Å². The monoisotopic (exact) mass is 246 g/mol. The Labute approximate surface area is 99.7 Å². The van der Waals surface area contributed by atoms with Gasteiger partial charge in [0.15, 0.2) is 0 Å². The summed E-state index contributed by atoms with van der Waals surface area (Å²) >= 11 is 5.83. The molecule has 1 aromatic rings. The van der Waals surface area contributed by atoms with Gasteiger partial charge in [-0.2, -0.15) is 0 Å². The Balaban J connectivity index is 2.89. The van der Waals surface area contributed by atoms with E-state index < -0.39 is 17.5 Å². The Morgan fingerprint density at radius 1 is 1.50 bits per heavy atom. The van der Waals surface area contributed by atoms with Crippen molar-refractivity contribution < 1.29 is 14.6 Å². The van der Waals surface area contributed by atoms with Crippen molar-refractivity contribution in [2.75, 3.05) is 0 Å². The molecule has 2 unspecified atom stereocenters. The van der Waals surface area contributed by atoms with Crippen molar-refractivity contribution in [2.45, 2.75) is 38.4 Å². The van der Waals surface area contributed by atoms with Gasteiger partial charge in [-0.05, 0) is 25.5 Å². The quantitative estimate of drug-likeness (QED) is 0.857. The summed E-state index contributed by atoms with van der Waals surface area (Å²) < 4.78 is 13.4. The van der Waals surface area contributed by atoms with E-state index in [1.54, 1.807) is 13.0 Å². The summed E-state index contributed by atoms with van der Waals surface area (Å²) in [6.07, 6.45) is -0.640.